The van der Waals surface area contributed by atoms with Crippen molar-refractivity contribution in [3.63, 3.8) is 0 Å². The van der Waals surface area contributed by atoms with E-state index >= 15 is 0 Å². The number of para-hydroxylation sites is 1. The molecule has 0 bridgehead atoms. The summed E-state index contributed by atoms with van der Waals surface area (Å²) in [5.74, 6) is 0.801. The molecule has 1 heterocycles. The van der Waals surface area contributed by atoms with Crippen LogP contribution in [0.15, 0.2) is 82.0 Å². The summed E-state index contributed by atoms with van der Waals surface area (Å²) in [6, 6.07) is 22.8. The van der Waals surface area contributed by atoms with Crippen LogP contribution in [-0.4, -0.2) is 0 Å². The van der Waals surface area contributed by atoms with Crippen LogP contribution in [0.25, 0.3) is 21.7 Å². The van der Waals surface area contributed by atoms with Gasteiger partial charge in [-0.25, -0.2) is 4.79 Å². The molecule has 3 nitrogen and oxygen atoms in total. The van der Waals surface area contributed by atoms with Crippen molar-refractivity contribution in [2.24, 2.45) is 0 Å². The number of hydrogen-bond donors (Lipinski definition) is 0. The molecule has 4 aromatic rings. The zero-order valence-corrected chi connectivity index (χ0v) is 11.7. The quantitative estimate of drug-likeness (QED) is 0.500. The minimum Gasteiger partial charge on any atom is -0.450 e. The van der Waals surface area contributed by atoms with Crippen molar-refractivity contribution in [1.82, 2.24) is 0 Å². The van der Waals surface area contributed by atoms with Gasteiger partial charge in [0.05, 0.1) is 0 Å². The van der Waals surface area contributed by atoms with Crippen LogP contribution in [0.3, 0.4) is 0 Å². The summed E-state index contributed by atoms with van der Waals surface area (Å²) in [6.07, 6.45) is 0. The molecule has 1 aromatic heterocycles. The summed E-state index contributed by atoms with van der Waals surface area (Å²) in [7, 11) is 0. The fraction of sp³-hybridized carbons (Fsp3) is 0. The van der Waals surface area contributed by atoms with E-state index in [9.17, 15) is 4.79 Å². The van der Waals surface area contributed by atoms with Crippen LogP contribution < -0.4 is 10.4 Å². The van der Waals surface area contributed by atoms with Gasteiger partial charge in [0, 0.05) is 5.39 Å². The maximum absolute atomic E-state index is 12.0. The summed E-state index contributed by atoms with van der Waals surface area (Å²) in [5.41, 5.74) is 0.0743. The highest BCUT2D eigenvalue weighted by molar-refractivity contribution is 5.84. The Balaban J connectivity index is 1.78. The molecular weight excluding hydrogens is 276 g/mol. The molecule has 0 N–H and O–H groups in total. The first kappa shape index (κ1) is 12.7. The predicted octanol–water partition coefficient (Wildman–Crippen LogP) is 4.74. The van der Waals surface area contributed by atoms with Gasteiger partial charge < -0.3 is 9.15 Å². The van der Waals surface area contributed by atoms with Gasteiger partial charge in [-0.3, -0.25) is 0 Å². The molecule has 4 rings (SSSR count). The van der Waals surface area contributed by atoms with Gasteiger partial charge in [0.15, 0.2) is 0 Å². The maximum atomic E-state index is 12.0. The van der Waals surface area contributed by atoms with Crippen molar-refractivity contribution in [2.45, 2.75) is 0 Å². The van der Waals surface area contributed by atoms with E-state index in [1.54, 1.807) is 12.1 Å². The monoisotopic (exact) mass is 288 g/mol. The second-order valence-corrected chi connectivity index (χ2v) is 5.05. The number of rotatable bonds is 2. The van der Waals surface area contributed by atoms with Gasteiger partial charge in [-0.15, -0.1) is 0 Å². The van der Waals surface area contributed by atoms with Crippen molar-refractivity contribution >= 4 is 21.7 Å². The van der Waals surface area contributed by atoms with Gasteiger partial charge in [-0.05, 0) is 35.0 Å². The Bertz CT molecular complexity index is 1030. The molecule has 0 unspecified atom stereocenters. The SMILES string of the molecule is O=c1oc2ccccc2cc1Oc1ccc2ccccc2c1. The van der Waals surface area contributed by atoms with Gasteiger partial charge >= 0.3 is 5.63 Å². The molecular formula is C19H12O3. The number of benzene rings is 3. The highest BCUT2D eigenvalue weighted by atomic mass is 16.5. The molecule has 0 saturated heterocycles. The van der Waals surface area contributed by atoms with Crippen LogP contribution >= 0.6 is 0 Å². The van der Waals surface area contributed by atoms with Crippen molar-refractivity contribution < 1.29 is 9.15 Å². The van der Waals surface area contributed by atoms with E-state index in [1.165, 1.54) is 0 Å². The molecule has 3 heteroatoms. The molecule has 0 amide bonds. The lowest BCUT2D eigenvalue weighted by Crippen LogP contribution is -2.02. The van der Waals surface area contributed by atoms with E-state index in [1.807, 2.05) is 60.7 Å². The molecule has 0 spiro atoms. The summed E-state index contributed by atoms with van der Waals surface area (Å²) in [6.45, 7) is 0. The lowest BCUT2D eigenvalue weighted by atomic mass is 10.1. The number of hydrogen-bond acceptors (Lipinski definition) is 3. The summed E-state index contributed by atoms with van der Waals surface area (Å²) < 4.78 is 11.0. The molecule has 0 saturated carbocycles. The third kappa shape index (κ3) is 2.23. The minimum absolute atomic E-state index is 0.189. The number of ether oxygens (including phenoxy) is 1. The lowest BCUT2D eigenvalue weighted by molar-refractivity contribution is 0.438. The second kappa shape index (κ2) is 5.04. The van der Waals surface area contributed by atoms with Crippen molar-refractivity contribution in [1.29, 1.82) is 0 Å². The smallest absolute Gasteiger partial charge is 0.379 e. The maximum Gasteiger partial charge on any atom is 0.379 e. The van der Waals surface area contributed by atoms with Crippen molar-refractivity contribution in [3.05, 3.63) is 83.2 Å². The lowest BCUT2D eigenvalue weighted by Gasteiger charge is -2.06. The van der Waals surface area contributed by atoms with Gasteiger partial charge in [0.25, 0.3) is 0 Å². The standard InChI is InChI=1S/C19H12O3/c20-19-18(12-15-7-3-4-8-17(15)22-19)21-16-10-9-13-5-1-2-6-14(13)11-16/h1-12H. The average Bonchev–Trinajstić information content (AvgIpc) is 2.55. The molecule has 0 atom stereocenters. The Morgan fingerprint density at radius 3 is 2.32 bits per heavy atom. The molecule has 0 aliphatic heterocycles. The summed E-state index contributed by atoms with van der Waals surface area (Å²) >= 11 is 0. The molecule has 0 radical (unpaired) electrons. The fourth-order valence-corrected chi connectivity index (χ4v) is 2.47. The third-order valence-corrected chi connectivity index (χ3v) is 3.56. The third-order valence-electron chi connectivity index (χ3n) is 3.56. The average molecular weight is 288 g/mol. The Morgan fingerprint density at radius 2 is 1.45 bits per heavy atom. The van der Waals surface area contributed by atoms with E-state index in [4.69, 9.17) is 9.15 Å². The highest BCUT2D eigenvalue weighted by Gasteiger charge is 2.07. The highest BCUT2D eigenvalue weighted by Crippen LogP contribution is 2.25. The summed E-state index contributed by atoms with van der Waals surface area (Å²) in [5, 5.41) is 3.02. The van der Waals surface area contributed by atoms with E-state index < -0.39 is 5.63 Å². The van der Waals surface area contributed by atoms with Crippen molar-refractivity contribution in [3.8, 4) is 11.5 Å². The molecule has 3 aromatic carbocycles. The van der Waals surface area contributed by atoms with Gasteiger partial charge in [0.2, 0.25) is 5.75 Å². The molecule has 106 valence electrons. The first-order valence-corrected chi connectivity index (χ1v) is 6.99. The van der Waals surface area contributed by atoms with E-state index in [2.05, 4.69) is 0 Å². The van der Waals surface area contributed by atoms with Crippen LogP contribution in [0.4, 0.5) is 0 Å². The molecule has 0 aliphatic carbocycles. The minimum atomic E-state index is -0.480. The molecule has 0 aliphatic rings. The second-order valence-electron chi connectivity index (χ2n) is 5.05. The first-order chi connectivity index (χ1) is 10.8. The molecule has 0 fully saturated rings. The van der Waals surface area contributed by atoms with E-state index in [0.29, 0.717) is 11.3 Å². The Morgan fingerprint density at radius 1 is 0.727 bits per heavy atom. The van der Waals surface area contributed by atoms with Gasteiger partial charge in [-0.2, -0.15) is 0 Å². The van der Waals surface area contributed by atoms with Crippen LogP contribution in [0.1, 0.15) is 0 Å². The van der Waals surface area contributed by atoms with Gasteiger partial charge in [0.1, 0.15) is 11.3 Å². The Labute approximate surface area is 126 Å². The zero-order chi connectivity index (χ0) is 14.9. The van der Waals surface area contributed by atoms with Crippen LogP contribution in [0.5, 0.6) is 11.5 Å². The normalized spacial score (nSPS) is 10.9. The van der Waals surface area contributed by atoms with Crippen molar-refractivity contribution in [2.75, 3.05) is 0 Å². The van der Waals surface area contributed by atoms with Crippen LogP contribution in [0.2, 0.25) is 0 Å². The van der Waals surface area contributed by atoms with Gasteiger partial charge in [-0.1, -0.05) is 48.5 Å². The largest absolute Gasteiger partial charge is 0.450 e. The predicted molar refractivity (Wildman–Crippen MR) is 86.5 cm³/mol. The zero-order valence-electron chi connectivity index (χ0n) is 11.7. The topological polar surface area (TPSA) is 39.4 Å². The first-order valence-electron chi connectivity index (χ1n) is 6.99. The summed E-state index contributed by atoms with van der Waals surface area (Å²) in [4.78, 5) is 12.0. The Kier molecular flexibility index (Phi) is 2.90. The van der Waals surface area contributed by atoms with E-state index in [-0.39, 0.29) is 5.75 Å². The fourth-order valence-electron chi connectivity index (χ4n) is 2.47. The number of fused-ring (bicyclic) bond motifs is 2. The van der Waals surface area contributed by atoms with Crippen LogP contribution in [-0.2, 0) is 0 Å². The Hall–Kier alpha value is -3.07. The van der Waals surface area contributed by atoms with Crippen LogP contribution in [0, 0.1) is 0 Å². The molecule has 22 heavy (non-hydrogen) atoms. The van der Waals surface area contributed by atoms with E-state index in [0.717, 1.165) is 16.2 Å².